The number of hydrogen-bond acceptors (Lipinski definition) is 3. The Morgan fingerprint density at radius 1 is 1.06 bits per heavy atom. The predicted octanol–water partition coefficient (Wildman–Crippen LogP) is 3.86. The van der Waals surface area contributed by atoms with E-state index in [1.165, 1.54) is 16.7 Å². The van der Waals surface area contributed by atoms with Crippen molar-refractivity contribution >= 4 is 5.96 Å². The minimum atomic E-state index is 0.458. The highest BCUT2D eigenvalue weighted by molar-refractivity contribution is 5.80. The second-order valence-electron chi connectivity index (χ2n) is 8.92. The molecular weight excluding hydrogens is 382 g/mol. The molecule has 31 heavy (non-hydrogen) atoms. The summed E-state index contributed by atoms with van der Waals surface area (Å²) in [5, 5.41) is 7.12. The minimum Gasteiger partial charge on any atom is -0.357 e. The maximum absolute atomic E-state index is 4.88. The first-order valence-electron chi connectivity index (χ1n) is 11.6. The molecule has 0 saturated carbocycles. The van der Waals surface area contributed by atoms with E-state index in [4.69, 9.17) is 4.99 Å². The number of hydrogen-bond donors (Lipinski definition) is 2. The quantitative estimate of drug-likeness (QED) is 0.502. The summed E-state index contributed by atoms with van der Waals surface area (Å²) in [5.74, 6) is 0.925. The Hall–Kier alpha value is -2.37. The van der Waals surface area contributed by atoms with Crippen molar-refractivity contribution in [1.82, 2.24) is 20.4 Å². The first-order chi connectivity index (χ1) is 15.0. The molecule has 2 aromatic carbocycles. The molecular formula is C26H39N5. The van der Waals surface area contributed by atoms with Gasteiger partial charge in [-0.15, -0.1) is 0 Å². The Morgan fingerprint density at radius 2 is 1.81 bits per heavy atom. The van der Waals surface area contributed by atoms with Gasteiger partial charge in [-0.2, -0.15) is 0 Å². The molecule has 0 aliphatic carbocycles. The molecule has 0 bridgehead atoms. The lowest BCUT2D eigenvalue weighted by molar-refractivity contribution is 0.134. The second-order valence-corrected chi connectivity index (χ2v) is 8.92. The average molecular weight is 422 g/mol. The van der Waals surface area contributed by atoms with Gasteiger partial charge in [0.05, 0.1) is 6.54 Å². The molecule has 2 N–H and O–H groups in total. The van der Waals surface area contributed by atoms with Crippen LogP contribution in [0.3, 0.4) is 0 Å². The average Bonchev–Trinajstić information content (AvgIpc) is 2.75. The van der Waals surface area contributed by atoms with Crippen molar-refractivity contribution in [3.8, 4) is 0 Å². The Balaban J connectivity index is 1.55. The molecule has 0 amide bonds. The summed E-state index contributed by atoms with van der Waals surface area (Å²) in [6.45, 7) is 9.13. The summed E-state index contributed by atoms with van der Waals surface area (Å²) in [5.41, 5.74) is 3.98. The number of benzene rings is 2. The fraction of sp³-hybridized carbons (Fsp3) is 0.500. The number of piperidine rings is 1. The third-order valence-electron chi connectivity index (χ3n) is 5.84. The summed E-state index contributed by atoms with van der Waals surface area (Å²) < 4.78 is 0. The van der Waals surface area contributed by atoms with Crippen molar-refractivity contribution in [2.45, 2.75) is 58.4 Å². The van der Waals surface area contributed by atoms with E-state index in [0.717, 1.165) is 45.0 Å². The molecule has 1 aliphatic rings. The van der Waals surface area contributed by atoms with E-state index in [-0.39, 0.29) is 0 Å². The van der Waals surface area contributed by atoms with Crippen LogP contribution in [-0.2, 0) is 19.6 Å². The Bertz CT molecular complexity index is 818. The molecule has 1 saturated heterocycles. The third-order valence-corrected chi connectivity index (χ3v) is 5.84. The van der Waals surface area contributed by atoms with Gasteiger partial charge in [-0.1, -0.05) is 54.6 Å². The summed E-state index contributed by atoms with van der Waals surface area (Å²) in [6.07, 6.45) is 2.27. The number of nitrogens with zero attached hydrogens (tertiary/aromatic N) is 3. The van der Waals surface area contributed by atoms with Gasteiger partial charge in [0, 0.05) is 38.3 Å². The van der Waals surface area contributed by atoms with E-state index in [2.05, 4.69) is 103 Å². The molecule has 0 aromatic heterocycles. The fourth-order valence-electron chi connectivity index (χ4n) is 4.28. The third kappa shape index (κ3) is 7.67. The predicted molar refractivity (Wildman–Crippen MR) is 131 cm³/mol. The summed E-state index contributed by atoms with van der Waals surface area (Å²) in [7, 11) is 4.20. The van der Waals surface area contributed by atoms with Crippen LogP contribution in [0, 0.1) is 0 Å². The van der Waals surface area contributed by atoms with E-state index in [1.54, 1.807) is 0 Å². The maximum atomic E-state index is 4.88. The summed E-state index contributed by atoms with van der Waals surface area (Å²) in [4.78, 5) is 9.66. The molecule has 2 atom stereocenters. The van der Waals surface area contributed by atoms with Gasteiger partial charge in [0.1, 0.15) is 0 Å². The SMILES string of the molecule is CCNC(=NCc1cccc(CN(C)C)c1)NC1CCN(Cc2ccccc2)C(C)C1. The van der Waals surface area contributed by atoms with Crippen LogP contribution in [-0.4, -0.2) is 55.0 Å². The normalized spacial score (nSPS) is 20.1. The van der Waals surface area contributed by atoms with Gasteiger partial charge in [0.25, 0.3) is 0 Å². The first kappa shape index (κ1) is 23.3. The minimum absolute atomic E-state index is 0.458. The lowest BCUT2D eigenvalue weighted by atomic mass is 9.97. The molecule has 168 valence electrons. The van der Waals surface area contributed by atoms with E-state index in [1.807, 2.05) is 0 Å². The highest BCUT2D eigenvalue weighted by Gasteiger charge is 2.25. The Morgan fingerprint density at radius 3 is 2.52 bits per heavy atom. The standard InChI is InChI=1S/C26H39N5/c1-5-27-26(28-18-23-12-9-13-24(17-23)19-30(3)4)29-25-14-15-31(21(2)16-25)20-22-10-7-6-8-11-22/h6-13,17,21,25H,5,14-16,18-20H2,1-4H3,(H2,27,28,29). The highest BCUT2D eigenvalue weighted by atomic mass is 15.2. The van der Waals surface area contributed by atoms with Crippen LogP contribution in [0.15, 0.2) is 59.6 Å². The number of guanidine groups is 1. The van der Waals surface area contributed by atoms with Crippen molar-refractivity contribution in [1.29, 1.82) is 0 Å². The van der Waals surface area contributed by atoms with Crippen LogP contribution >= 0.6 is 0 Å². The zero-order valence-corrected chi connectivity index (χ0v) is 19.6. The van der Waals surface area contributed by atoms with E-state index in [9.17, 15) is 0 Å². The van der Waals surface area contributed by atoms with Gasteiger partial charge in [-0.25, -0.2) is 4.99 Å². The topological polar surface area (TPSA) is 42.9 Å². The molecule has 1 aliphatic heterocycles. The van der Waals surface area contributed by atoms with Crippen molar-refractivity contribution in [2.75, 3.05) is 27.2 Å². The van der Waals surface area contributed by atoms with Crippen LogP contribution < -0.4 is 10.6 Å². The maximum Gasteiger partial charge on any atom is 0.191 e. The lowest BCUT2D eigenvalue weighted by Gasteiger charge is -2.38. The number of rotatable bonds is 8. The van der Waals surface area contributed by atoms with Crippen LogP contribution in [0.1, 0.15) is 43.4 Å². The number of likely N-dealkylation sites (tertiary alicyclic amines) is 1. The summed E-state index contributed by atoms with van der Waals surface area (Å²) >= 11 is 0. The Labute approximate surface area is 188 Å². The van der Waals surface area contributed by atoms with Gasteiger partial charge in [0.15, 0.2) is 5.96 Å². The monoisotopic (exact) mass is 421 g/mol. The molecule has 0 spiro atoms. The van der Waals surface area contributed by atoms with Crippen LogP contribution in [0.4, 0.5) is 0 Å². The fourth-order valence-corrected chi connectivity index (χ4v) is 4.28. The molecule has 5 heteroatoms. The lowest BCUT2D eigenvalue weighted by Crippen LogP contribution is -2.51. The second kappa shape index (κ2) is 11.9. The van der Waals surface area contributed by atoms with Crippen molar-refractivity contribution in [2.24, 2.45) is 4.99 Å². The van der Waals surface area contributed by atoms with E-state index < -0.39 is 0 Å². The smallest absolute Gasteiger partial charge is 0.191 e. The van der Waals surface area contributed by atoms with Crippen molar-refractivity contribution in [3.05, 3.63) is 71.3 Å². The highest BCUT2D eigenvalue weighted by Crippen LogP contribution is 2.20. The van der Waals surface area contributed by atoms with Gasteiger partial charge in [-0.3, -0.25) is 4.90 Å². The largest absolute Gasteiger partial charge is 0.357 e. The van der Waals surface area contributed by atoms with Gasteiger partial charge < -0.3 is 15.5 Å². The van der Waals surface area contributed by atoms with Crippen molar-refractivity contribution in [3.63, 3.8) is 0 Å². The molecule has 2 aromatic rings. The molecule has 0 radical (unpaired) electrons. The molecule has 5 nitrogen and oxygen atoms in total. The van der Waals surface area contributed by atoms with Crippen molar-refractivity contribution < 1.29 is 0 Å². The zero-order chi connectivity index (χ0) is 22.1. The Kier molecular flexibility index (Phi) is 8.92. The first-order valence-corrected chi connectivity index (χ1v) is 11.6. The van der Waals surface area contributed by atoms with E-state index in [0.29, 0.717) is 18.6 Å². The van der Waals surface area contributed by atoms with Crippen LogP contribution in [0.5, 0.6) is 0 Å². The van der Waals surface area contributed by atoms with Crippen LogP contribution in [0.25, 0.3) is 0 Å². The molecule has 2 unspecified atom stereocenters. The van der Waals surface area contributed by atoms with Gasteiger partial charge in [0.2, 0.25) is 0 Å². The number of nitrogens with one attached hydrogen (secondary N) is 2. The molecule has 3 rings (SSSR count). The number of aliphatic imine (C=N–C) groups is 1. The van der Waals surface area contributed by atoms with E-state index >= 15 is 0 Å². The zero-order valence-electron chi connectivity index (χ0n) is 19.6. The molecule has 1 heterocycles. The summed E-state index contributed by atoms with van der Waals surface area (Å²) in [6, 6.07) is 20.5. The van der Waals surface area contributed by atoms with Gasteiger partial charge in [-0.05, 0) is 57.5 Å². The van der Waals surface area contributed by atoms with Crippen LogP contribution in [0.2, 0.25) is 0 Å². The van der Waals surface area contributed by atoms with Gasteiger partial charge >= 0.3 is 0 Å². The molecule has 1 fully saturated rings.